The third-order valence-electron chi connectivity index (χ3n) is 5.58. The molecule has 1 fully saturated rings. The number of hydrogen-bond donors (Lipinski definition) is 0. The van der Waals surface area contributed by atoms with Crippen LogP contribution in [0.4, 0.5) is 0 Å². The molecule has 0 N–H and O–H groups in total. The van der Waals surface area contributed by atoms with Gasteiger partial charge in [-0.3, -0.25) is 14.7 Å². The number of likely N-dealkylation sites (tertiary alicyclic amines) is 1. The van der Waals surface area contributed by atoms with Gasteiger partial charge in [0.2, 0.25) is 0 Å². The van der Waals surface area contributed by atoms with Crippen LogP contribution in [0.1, 0.15) is 50.3 Å². The summed E-state index contributed by atoms with van der Waals surface area (Å²) in [5.41, 5.74) is 7.00. The van der Waals surface area contributed by atoms with Crippen molar-refractivity contribution >= 4 is 17.6 Å². The Morgan fingerprint density at radius 1 is 1.23 bits per heavy atom. The number of aryl methyl sites for hydroxylation is 1. The molecule has 0 amide bonds. The van der Waals surface area contributed by atoms with E-state index in [9.17, 15) is 4.79 Å². The molecule has 164 valence electrons. The van der Waals surface area contributed by atoms with Gasteiger partial charge < -0.3 is 0 Å². The monoisotopic (exact) mass is 416 g/mol. The molecule has 1 aromatic rings. The molecule has 3 nitrogen and oxygen atoms in total. The smallest absolute Gasteiger partial charge is 0.160 e. The average Bonchev–Trinajstić information content (AvgIpc) is 3.23. The predicted molar refractivity (Wildman–Crippen MR) is 135 cm³/mol. The van der Waals surface area contributed by atoms with Gasteiger partial charge in [0.15, 0.2) is 5.78 Å². The predicted octanol–water partition coefficient (Wildman–Crippen LogP) is 6.27. The summed E-state index contributed by atoms with van der Waals surface area (Å²) in [5.74, 6) is 0.0247. The van der Waals surface area contributed by atoms with Crippen molar-refractivity contribution in [1.29, 1.82) is 0 Å². The summed E-state index contributed by atoms with van der Waals surface area (Å²) in [4.78, 5) is 19.4. The number of allylic oxidation sites excluding steroid dienone is 8. The molecule has 1 aliphatic heterocycles. The Kier molecular flexibility index (Phi) is 9.61. The molecule has 0 unspecified atom stereocenters. The van der Waals surface area contributed by atoms with Crippen LogP contribution in [-0.2, 0) is 11.3 Å². The van der Waals surface area contributed by atoms with Gasteiger partial charge in [-0.1, -0.05) is 55.2 Å². The highest BCUT2D eigenvalue weighted by atomic mass is 16.1. The fraction of sp³-hybridized carbons (Fsp3) is 0.357. The second-order valence-corrected chi connectivity index (χ2v) is 8.08. The van der Waals surface area contributed by atoms with E-state index >= 15 is 0 Å². The number of nitrogens with zero attached hydrogens (tertiary/aromatic N) is 2. The molecule has 1 heterocycles. The van der Waals surface area contributed by atoms with Crippen LogP contribution in [0, 0.1) is 6.92 Å². The Balaban J connectivity index is 2.34. The maximum atomic E-state index is 12.5. The first-order valence-electron chi connectivity index (χ1n) is 11.0. The third-order valence-corrected chi connectivity index (χ3v) is 5.58. The molecule has 0 bridgehead atoms. The van der Waals surface area contributed by atoms with Crippen molar-refractivity contribution in [3.8, 4) is 0 Å². The van der Waals surface area contributed by atoms with E-state index in [0.717, 1.165) is 29.0 Å². The minimum Gasteiger partial charge on any atom is -0.299 e. The molecule has 0 saturated carbocycles. The highest BCUT2D eigenvalue weighted by Gasteiger charge is 2.13. The lowest BCUT2D eigenvalue weighted by Gasteiger charge is -2.15. The van der Waals surface area contributed by atoms with E-state index in [-0.39, 0.29) is 5.78 Å². The average molecular weight is 417 g/mol. The van der Waals surface area contributed by atoms with E-state index in [0.29, 0.717) is 5.57 Å². The van der Waals surface area contributed by atoms with Gasteiger partial charge >= 0.3 is 0 Å². The second-order valence-electron chi connectivity index (χ2n) is 8.08. The number of benzene rings is 1. The summed E-state index contributed by atoms with van der Waals surface area (Å²) >= 11 is 0. The molecule has 0 aliphatic carbocycles. The number of rotatable bonds is 9. The van der Waals surface area contributed by atoms with E-state index in [4.69, 9.17) is 0 Å². The summed E-state index contributed by atoms with van der Waals surface area (Å²) in [6.07, 6.45) is 14.1. The van der Waals surface area contributed by atoms with Gasteiger partial charge in [-0.05, 0) is 87.5 Å². The van der Waals surface area contributed by atoms with Crippen LogP contribution in [0.15, 0.2) is 76.9 Å². The van der Waals surface area contributed by atoms with Gasteiger partial charge in [-0.15, -0.1) is 0 Å². The fourth-order valence-electron chi connectivity index (χ4n) is 3.95. The van der Waals surface area contributed by atoms with Crippen molar-refractivity contribution in [3.05, 3.63) is 88.6 Å². The lowest BCUT2D eigenvalue weighted by Crippen LogP contribution is -2.18. The van der Waals surface area contributed by atoms with Crippen molar-refractivity contribution in [1.82, 2.24) is 4.90 Å². The van der Waals surface area contributed by atoms with Crippen LogP contribution >= 0.6 is 0 Å². The van der Waals surface area contributed by atoms with Crippen LogP contribution in [0.3, 0.4) is 0 Å². The largest absolute Gasteiger partial charge is 0.299 e. The molecule has 0 aromatic heterocycles. The Hall–Kier alpha value is -2.78. The molecule has 0 radical (unpaired) electrons. The SMILES string of the molecule is C=C/C=C(\C=C/C)C(/C=C(C(C)=O)/C(C)=C/c1ccc(CN2CCCC2)cc1C)=NC. The Labute approximate surface area is 188 Å². The third kappa shape index (κ3) is 7.15. The number of aliphatic imine (C=N–C) groups is 1. The van der Waals surface area contributed by atoms with Crippen molar-refractivity contribution in [2.45, 2.75) is 47.1 Å². The van der Waals surface area contributed by atoms with Crippen molar-refractivity contribution in [3.63, 3.8) is 0 Å². The van der Waals surface area contributed by atoms with E-state index in [1.54, 1.807) is 20.0 Å². The molecule has 31 heavy (non-hydrogen) atoms. The first-order chi connectivity index (χ1) is 14.9. The number of ketones is 1. The second kappa shape index (κ2) is 12.2. The summed E-state index contributed by atoms with van der Waals surface area (Å²) in [7, 11) is 1.74. The zero-order valence-corrected chi connectivity index (χ0v) is 19.7. The molecular formula is C28H36N2O. The van der Waals surface area contributed by atoms with Gasteiger partial charge in [0.1, 0.15) is 0 Å². The lowest BCUT2D eigenvalue weighted by atomic mass is 9.95. The van der Waals surface area contributed by atoms with Crippen molar-refractivity contribution < 1.29 is 4.79 Å². The highest BCUT2D eigenvalue weighted by molar-refractivity contribution is 6.15. The number of carbonyl (C=O) groups excluding carboxylic acids is 1. The van der Waals surface area contributed by atoms with Crippen LogP contribution < -0.4 is 0 Å². The van der Waals surface area contributed by atoms with E-state index in [1.165, 1.54) is 37.1 Å². The summed E-state index contributed by atoms with van der Waals surface area (Å²) < 4.78 is 0. The number of Topliss-reactive ketones (excluding diaryl/α,β-unsaturated/α-hetero) is 1. The van der Waals surface area contributed by atoms with Crippen LogP contribution in [-0.4, -0.2) is 36.5 Å². The van der Waals surface area contributed by atoms with Crippen LogP contribution in [0.5, 0.6) is 0 Å². The first kappa shape index (κ1) is 24.5. The topological polar surface area (TPSA) is 32.7 Å². The molecular weight excluding hydrogens is 380 g/mol. The van der Waals surface area contributed by atoms with Gasteiger partial charge in [-0.2, -0.15) is 0 Å². The zero-order chi connectivity index (χ0) is 22.8. The Morgan fingerprint density at radius 3 is 2.48 bits per heavy atom. The quantitative estimate of drug-likeness (QED) is 0.270. The first-order valence-corrected chi connectivity index (χ1v) is 11.0. The molecule has 1 aromatic carbocycles. The zero-order valence-electron chi connectivity index (χ0n) is 19.7. The van der Waals surface area contributed by atoms with Crippen LogP contribution in [0.25, 0.3) is 6.08 Å². The van der Waals surface area contributed by atoms with Gasteiger partial charge in [0.25, 0.3) is 0 Å². The van der Waals surface area contributed by atoms with E-state index in [1.807, 2.05) is 38.2 Å². The number of hydrogen-bond acceptors (Lipinski definition) is 3. The summed E-state index contributed by atoms with van der Waals surface area (Å²) in [6.45, 7) is 14.9. The maximum Gasteiger partial charge on any atom is 0.160 e. The van der Waals surface area contributed by atoms with Gasteiger partial charge in [-0.25, -0.2) is 0 Å². The van der Waals surface area contributed by atoms with Crippen molar-refractivity contribution in [2.24, 2.45) is 4.99 Å². The lowest BCUT2D eigenvalue weighted by molar-refractivity contribution is -0.113. The summed E-state index contributed by atoms with van der Waals surface area (Å²) in [5, 5.41) is 0. The molecule has 3 heteroatoms. The molecule has 0 atom stereocenters. The van der Waals surface area contributed by atoms with Crippen LogP contribution in [0.2, 0.25) is 0 Å². The maximum absolute atomic E-state index is 12.5. The Morgan fingerprint density at radius 2 is 1.94 bits per heavy atom. The number of carbonyl (C=O) groups is 1. The standard InChI is InChI=1S/C28H36N2O/c1-7-11-25(12-8-2)28(29-6)19-27(23(5)31)22(4)18-26-14-13-24(17-21(26)3)20-30-15-9-10-16-30/h7-8,11-14,17-19H,1,9-10,15-16,20H2,2-6H3/b12-8-,22-18+,25-11+,27-19-,29-28?. The molecule has 1 saturated heterocycles. The molecule has 0 spiro atoms. The van der Waals surface area contributed by atoms with E-state index in [2.05, 4.69) is 47.7 Å². The Bertz CT molecular complexity index is 951. The molecule has 1 aliphatic rings. The van der Waals surface area contributed by atoms with Gasteiger partial charge in [0, 0.05) is 19.2 Å². The van der Waals surface area contributed by atoms with E-state index < -0.39 is 0 Å². The highest BCUT2D eigenvalue weighted by Crippen LogP contribution is 2.21. The van der Waals surface area contributed by atoms with Crippen molar-refractivity contribution in [2.75, 3.05) is 20.1 Å². The fourth-order valence-corrected chi connectivity index (χ4v) is 3.95. The minimum atomic E-state index is 0.0247. The summed E-state index contributed by atoms with van der Waals surface area (Å²) in [6, 6.07) is 6.64. The normalized spacial score (nSPS) is 16.9. The van der Waals surface area contributed by atoms with Gasteiger partial charge in [0.05, 0.1) is 5.71 Å². The minimum absolute atomic E-state index is 0.0247. The molecule has 2 rings (SSSR count).